The molecule has 0 atom stereocenters. The topological polar surface area (TPSA) is 102 Å². The fourth-order valence-corrected chi connectivity index (χ4v) is 3.32. The zero-order chi connectivity index (χ0) is 22.7. The number of rotatable bonds is 6. The molecule has 0 fully saturated rings. The number of halogens is 5. The Hall–Kier alpha value is -2.34. The molecule has 0 radical (unpaired) electrons. The smallest absolute Gasteiger partial charge is 0.418 e. The predicted molar refractivity (Wildman–Crippen MR) is 103 cm³/mol. The Bertz CT molecular complexity index is 1090. The van der Waals surface area contributed by atoms with Crippen molar-refractivity contribution in [1.82, 2.24) is 4.72 Å². The van der Waals surface area contributed by atoms with Gasteiger partial charge in [-0.2, -0.15) is 13.2 Å². The van der Waals surface area contributed by atoms with Crippen molar-refractivity contribution < 1.29 is 35.9 Å². The van der Waals surface area contributed by atoms with Crippen LogP contribution in [0.4, 0.5) is 18.9 Å². The molecule has 7 nitrogen and oxygen atoms in total. The van der Waals surface area contributed by atoms with E-state index in [9.17, 15) is 31.2 Å². The van der Waals surface area contributed by atoms with Gasteiger partial charge in [-0.3, -0.25) is 4.79 Å². The molecule has 13 heteroatoms. The minimum atomic E-state index is -4.78. The van der Waals surface area contributed by atoms with Crippen LogP contribution in [-0.2, 0) is 25.7 Å². The van der Waals surface area contributed by atoms with E-state index in [0.29, 0.717) is 6.07 Å². The minimum Gasteiger partial charge on any atom is -0.452 e. The lowest BCUT2D eigenvalue weighted by molar-refractivity contribution is -0.137. The van der Waals surface area contributed by atoms with E-state index >= 15 is 0 Å². The van der Waals surface area contributed by atoms with Gasteiger partial charge in [0.15, 0.2) is 6.61 Å². The summed E-state index contributed by atoms with van der Waals surface area (Å²) in [5.41, 5.74) is -2.10. The van der Waals surface area contributed by atoms with Gasteiger partial charge in [0.1, 0.15) is 0 Å². The third kappa shape index (κ3) is 5.85. The van der Waals surface area contributed by atoms with Gasteiger partial charge in [-0.25, -0.2) is 17.9 Å². The second-order valence-electron chi connectivity index (χ2n) is 5.66. The number of amides is 1. The van der Waals surface area contributed by atoms with Gasteiger partial charge in [-0.1, -0.05) is 23.2 Å². The molecular weight excluding hydrogens is 472 g/mol. The first-order valence-electron chi connectivity index (χ1n) is 7.92. The van der Waals surface area contributed by atoms with Crippen molar-refractivity contribution in [2.75, 3.05) is 19.0 Å². The minimum absolute atomic E-state index is 0.146. The Morgan fingerprint density at radius 1 is 1.10 bits per heavy atom. The molecule has 0 aliphatic rings. The molecule has 0 saturated heterocycles. The summed E-state index contributed by atoms with van der Waals surface area (Å²) in [5, 5.41) is 1.65. The van der Waals surface area contributed by atoms with Crippen LogP contribution >= 0.6 is 23.2 Å². The van der Waals surface area contributed by atoms with Crippen molar-refractivity contribution >= 4 is 50.8 Å². The van der Waals surface area contributed by atoms with E-state index in [0.717, 1.165) is 37.4 Å². The maximum atomic E-state index is 13.1. The number of esters is 1. The molecule has 2 rings (SSSR count). The summed E-state index contributed by atoms with van der Waals surface area (Å²) < 4.78 is 69.6. The van der Waals surface area contributed by atoms with Crippen LogP contribution in [0.3, 0.4) is 0 Å². The molecule has 0 heterocycles. The Morgan fingerprint density at radius 2 is 1.77 bits per heavy atom. The highest BCUT2D eigenvalue weighted by Crippen LogP contribution is 2.36. The second-order valence-corrected chi connectivity index (χ2v) is 8.39. The third-order valence-corrected chi connectivity index (χ3v) is 5.61. The SMILES string of the molecule is CNS(=O)(=O)c1ccc(Cl)c(C(=O)OCC(=O)Nc2ccc(Cl)cc2C(F)(F)F)c1. The number of carbonyl (C=O) groups excluding carboxylic acids is 2. The largest absolute Gasteiger partial charge is 0.452 e. The number of anilines is 1. The number of ether oxygens (including phenoxy) is 1. The summed E-state index contributed by atoms with van der Waals surface area (Å²) in [4.78, 5) is 23.8. The molecule has 0 spiro atoms. The molecule has 0 saturated carbocycles. The monoisotopic (exact) mass is 484 g/mol. The fourth-order valence-electron chi connectivity index (χ4n) is 2.20. The van der Waals surface area contributed by atoms with Gasteiger partial charge in [0.05, 0.1) is 26.7 Å². The number of benzene rings is 2. The molecule has 2 aromatic rings. The van der Waals surface area contributed by atoms with E-state index in [1.165, 1.54) is 0 Å². The molecule has 0 aromatic heterocycles. The summed E-state index contributed by atoms with van der Waals surface area (Å²) in [6.45, 7) is -0.946. The normalized spacial score (nSPS) is 11.8. The highest BCUT2D eigenvalue weighted by molar-refractivity contribution is 7.89. The van der Waals surface area contributed by atoms with Gasteiger partial charge in [0, 0.05) is 5.02 Å². The molecule has 1 amide bonds. The van der Waals surface area contributed by atoms with Crippen LogP contribution in [0, 0.1) is 0 Å². The van der Waals surface area contributed by atoms with Crippen LogP contribution in [0.25, 0.3) is 0 Å². The molecular formula is C17H13Cl2F3N2O5S. The number of carbonyl (C=O) groups is 2. The second kappa shape index (κ2) is 9.21. The standard InChI is InChI=1S/C17H13Cl2F3N2O5S/c1-23-30(27,28)10-3-4-13(19)11(7-10)16(26)29-8-15(25)24-14-5-2-9(18)6-12(14)17(20,21)22/h2-7,23H,8H2,1H3,(H,24,25). The molecule has 0 aliphatic carbocycles. The van der Waals surface area contributed by atoms with Crippen molar-refractivity contribution in [2.45, 2.75) is 11.1 Å². The van der Waals surface area contributed by atoms with E-state index in [-0.39, 0.29) is 20.5 Å². The van der Waals surface area contributed by atoms with E-state index in [4.69, 9.17) is 27.9 Å². The summed E-state index contributed by atoms with van der Waals surface area (Å²) in [5.74, 6) is -2.21. The summed E-state index contributed by atoms with van der Waals surface area (Å²) in [7, 11) is -2.71. The van der Waals surface area contributed by atoms with Crippen LogP contribution in [0.5, 0.6) is 0 Å². The van der Waals surface area contributed by atoms with Crippen LogP contribution < -0.4 is 10.0 Å². The van der Waals surface area contributed by atoms with Crippen molar-refractivity contribution in [2.24, 2.45) is 0 Å². The van der Waals surface area contributed by atoms with E-state index in [2.05, 4.69) is 4.72 Å². The Labute approximate surface area is 179 Å². The lowest BCUT2D eigenvalue weighted by Crippen LogP contribution is -2.23. The first-order chi connectivity index (χ1) is 13.8. The number of sulfonamides is 1. The highest BCUT2D eigenvalue weighted by Gasteiger charge is 2.34. The maximum absolute atomic E-state index is 13.1. The van der Waals surface area contributed by atoms with Crippen molar-refractivity contribution in [3.63, 3.8) is 0 Å². The highest BCUT2D eigenvalue weighted by atomic mass is 35.5. The molecule has 0 unspecified atom stereocenters. The third-order valence-electron chi connectivity index (χ3n) is 3.63. The molecule has 2 N–H and O–H groups in total. The lowest BCUT2D eigenvalue weighted by Gasteiger charge is -2.14. The van der Waals surface area contributed by atoms with Gasteiger partial charge in [0.25, 0.3) is 5.91 Å². The van der Waals surface area contributed by atoms with Crippen molar-refractivity contribution in [1.29, 1.82) is 0 Å². The van der Waals surface area contributed by atoms with E-state index in [1.807, 2.05) is 5.32 Å². The summed E-state index contributed by atoms with van der Waals surface area (Å²) >= 11 is 11.4. The Kier molecular flexibility index (Phi) is 7.35. The zero-order valence-corrected chi connectivity index (χ0v) is 17.3. The number of nitrogens with one attached hydrogen (secondary N) is 2. The molecule has 2 aromatic carbocycles. The fraction of sp³-hybridized carbons (Fsp3) is 0.176. The van der Waals surface area contributed by atoms with E-state index in [1.54, 1.807) is 0 Å². The Balaban J connectivity index is 2.13. The van der Waals surface area contributed by atoms with Gasteiger partial charge in [-0.05, 0) is 43.4 Å². The van der Waals surface area contributed by atoms with Crippen LogP contribution in [0.15, 0.2) is 41.3 Å². The average Bonchev–Trinajstić information content (AvgIpc) is 2.66. The van der Waals surface area contributed by atoms with Crippen LogP contribution in [0.2, 0.25) is 10.0 Å². The summed E-state index contributed by atoms with van der Waals surface area (Å²) in [6.07, 6.45) is -4.78. The predicted octanol–water partition coefficient (Wildman–Crippen LogP) is 3.72. The summed E-state index contributed by atoms with van der Waals surface area (Å²) in [6, 6.07) is 5.97. The molecule has 0 aliphatic heterocycles. The van der Waals surface area contributed by atoms with E-state index < -0.39 is 45.9 Å². The quantitative estimate of drug-likeness (QED) is 0.608. The molecule has 30 heavy (non-hydrogen) atoms. The number of alkyl halides is 3. The molecule has 0 bridgehead atoms. The number of hydrogen-bond donors (Lipinski definition) is 2. The lowest BCUT2D eigenvalue weighted by atomic mass is 10.1. The first-order valence-corrected chi connectivity index (χ1v) is 10.2. The maximum Gasteiger partial charge on any atom is 0.418 e. The van der Waals surface area contributed by atoms with Crippen LogP contribution in [0.1, 0.15) is 15.9 Å². The first kappa shape index (κ1) is 23.9. The molecule has 162 valence electrons. The number of hydrogen-bond acceptors (Lipinski definition) is 5. The van der Waals surface area contributed by atoms with Gasteiger partial charge in [0.2, 0.25) is 10.0 Å². The van der Waals surface area contributed by atoms with Gasteiger partial charge < -0.3 is 10.1 Å². The van der Waals surface area contributed by atoms with Gasteiger partial charge in [-0.15, -0.1) is 0 Å². The van der Waals surface area contributed by atoms with Crippen molar-refractivity contribution in [3.8, 4) is 0 Å². The average molecular weight is 485 g/mol. The van der Waals surface area contributed by atoms with Crippen LogP contribution in [-0.4, -0.2) is 33.9 Å². The van der Waals surface area contributed by atoms with Crippen molar-refractivity contribution in [3.05, 3.63) is 57.6 Å². The zero-order valence-electron chi connectivity index (χ0n) is 15.0. The Morgan fingerprint density at radius 3 is 2.37 bits per heavy atom. The van der Waals surface area contributed by atoms with Gasteiger partial charge >= 0.3 is 12.1 Å².